The van der Waals surface area contributed by atoms with E-state index in [1.165, 1.54) is 18.4 Å². The number of benzene rings is 1. The van der Waals surface area contributed by atoms with Crippen LogP contribution in [0.1, 0.15) is 30.0 Å². The Balaban J connectivity index is 1.91. The predicted molar refractivity (Wildman–Crippen MR) is 85.7 cm³/mol. The van der Waals surface area contributed by atoms with E-state index in [4.69, 9.17) is 0 Å². The van der Waals surface area contributed by atoms with Gasteiger partial charge in [-0.1, -0.05) is 15.9 Å². The largest absolute Gasteiger partial charge is 0.357 e. The van der Waals surface area contributed by atoms with Crippen LogP contribution in [-0.4, -0.2) is 17.0 Å². The van der Waals surface area contributed by atoms with E-state index in [1.807, 2.05) is 13.1 Å². The average Bonchev–Trinajstić information content (AvgIpc) is 3.26. The van der Waals surface area contributed by atoms with Crippen molar-refractivity contribution in [2.75, 3.05) is 17.7 Å². The van der Waals surface area contributed by atoms with E-state index in [1.54, 1.807) is 0 Å². The Bertz CT molecular complexity index is 638. The number of rotatable bonds is 4. The maximum Gasteiger partial charge on any atom is 0.224 e. The minimum Gasteiger partial charge on any atom is -0.357 e. The van der Waals surface area contributed by atoms with Gasteiger partial charge in [0.25, 0.3) is 0 Å². The normalized spacial score (nSPS) is 14.2. The molecule has 1 aliphatic rings. The number of nitrogens with zero attached hydrogens (tertiary/aromatic N) is 2. The summed E-state index contributed by atoms with van der Waals surface area (Å²) in [4.78, 5) is 9.00. The number of hydrogen-bond donors (Lipinski definition) is 2. The highest BCUT2D eigenvalue weighted by Crippen LogP contribution is 2.40. The molecule has 1 aromatic heterocycles. The zero-order chi connectivity index (χ0) is 14.1. The highest BCUT2D eigenvalue weighted by molar-refractivity contribution is 9.10. The number of aryl methyl sites for hydroxylation is 1. The van der Waals surface area contributed by atoms with Crippen LogP contribution in [0.25, 0.3) is 0 Å². The van der Waals surface area contributed by atoms with E-state index in [0.29, 0.717) is 11.9 Å². The monoisotopic (exact) mass is 332 g/mol. The Kier molecular flexibility index (Phi) is 3.61. The summed E-state index contributed by atoms with van der Waals surface area (Å²) in [6, 6.07) is 8.22. The Morgan fingerprint density at radius 3 is 2.65 bits per heavy atom. The van der Waals surface area contributed by atoms with Crippen molar-refractivity contribution in [1.82, 2.24) is 9.97 Å². The lowest BCUT2D eigenvalue weighted by atomic mass is 10.2. The molecule has 0 unspecified atom stereocenters. The molecule has 104 valence electrons. The third-order valence-corrected chi connectivity index (χ3v) is 3.91. The number of halogens is 1. The van der Waals surface area contributed by atoms with Gasteiger partial charge >= 0.3 is 0 Å². The van der Waals surface area contributed by atoms with Gasteiger partial charge in [0.2, 0.25) is 5.95 Å². The van der Waals surface area contributed by atoms with Gasteiger partial charge in [0.05, 0.1) is 5.69 Å². The van der Waals surface area contributed by atoms with Crippen LogP contribution in [0, 0.1) is 6.92 Å². The Hall–Kier alpha value is -1.62. The summed E-state index contributed by atoms with van der Waals surface area (Å²) in [5, 5.41) is 6.42. The molecule has 0 atom stereocenters. The molecule has 0 amide bonds. The van der Waals surface area contributed by atoms with Crippen LogP contribution in [0.15, 0.2) is 28.7 Å². The first-order valence-corrected chi connectivity index (χ1v) is 7.55. The summed E-state index contributed by atoms with van der Waals surface area (Å²) < 4.78 is 1.08. The molecule has 20 heavy (non-hydrogen) atoms. The van der Waals surface area contributed by atoms with Crippen molar-refractivity contribution in [2.24, 2.45) is 0 Å². The van der Waals surface area contributed by atoms with Crippen LogP contribution in [-0.2, 0) is 0 Å². The second-order valence-corrected chi connectivity index (χ2v) is 6.03. The van der Waals surface area contributed by atoms with E-state index in [-0.39, 0.29) is 0 Å². The molecule has 3 rings (SSSR count). The Morgan fingerprint density at radius 1 is 1.20 bits per heavy atom. The summed E-state index contributed by atoms with van der Waals surface area (Å²) in [7, 11) is 1.85. The molecule has 2 aromatic rings. The van der Waals surface area contributed by atoms with E-state index in [0.717, 1.165) is 21.7 Å². The molecule has 1 aromatic carbocycles. The summed E-state index contributed by atoms with van der Waals surface area (Å²) in [6.07, 6.45) is 2.47. The standard InChI is InChI=1S/C15H17BrN4/c1-9-7-11(16)5-6-12(9)18-14-8-13(10-3-4-10)19-15(17-2)20-14/h5-8,10H,3-4H2,1-2H3,(H2,17,18,19,20). The Morgan fingerprint density at radius 2 is 2.00 bits per heavy atom. The molecule has 0 spiro atoms. The lowest BCUT2D eigenvalue weighted by Crippen LogP contribution is -2.03. The van der Waals surface area contributed by atoms with Gasteiger partial charge in [-0.25, -0.2) is 4.98 Å². The number of nitrogens with one attached hydrogen (secondary N) is 2. The highest BCUT2D eigenvalue weighted by atomic mass is 79.9. The Labute approximate surface area is 127 Å². The molecule has 0 aliphatic heterocycles. The fourth-order valence-corrected chi connectivity index (χ4v) is 2.61. The van der Waals surface area contributed by atoms with Crippen LogP contribution in [0.5, 0.6) is 0 Å². The third-order valence-electron chi connectivity index (χ3n) is 3.42. The lowest BCUT2D eigenvalue weighted by Gasteiger charge is -2.11. The molecule has 1 aliphatic carbocycles. The SMILES string of the molecule is CNc1nc(Nc2ccc(Br)cc2C)cc(C2CC2)n1. The fraction of sp³-hybridized carbons (Fsp3) is 0.333. The lowest BCUT2D eigenvalue weighted by molar-refractivity contribution is 0.991. The first kappa shape index (κ1) is 13.4. The predicted octanol–water partition coefficient (Wildman–Crippen LogP) is 4.21. The first-order chi connectivity index (χ1) is 9.65. The molecular formula is C15H17BrN4. The van der Waals surface area contributed by atoms with Crippen molar-refractivity contribution < 1.29 is 0 Å². The van der Waals surface area contributed by atoms with Gasteiger partial charge in [0.1, 0.15) is 5.82 Å². The van der Waals surface area contributed by atoms with Crippen molar-refractivity contribution in [3.8, 4) is 0 Å². The van der Waals surface area contributed by atoms with Gasteiger partial charge in [0, 0.05) is 29.2 Å². The first-order valence-electron chi connectivity index (χ1n) is 6.75. The van der Waals surface area contributed by atoms with Gasteiger partial charge in [-0.3, -0.25) is 0 Å². The van der Waals surface area contributed by atoms with Gasteiger partial charge in [-0.05, 0) is 43.5 Å². The smallest absolute Gasteiger partial charge is 0.224 e. The molecule has 1 heterocycles. The number of anilines is 3. The third kappa shape index (κ3) is 2.93. The summed E-state index contributed by atoms with van der Waals surface area (Å²) in [6.45, 7) is 2.08. The molecule has 0 saturated heterocycles. The van der Waals surface area contributed by atoms with E-state index < -0.39 is 0 Å². The summed E-state index contributed by atoms with van der Waals surface area (Å²) >= 11 is 3.48. The minimum atomic E-state index is 0.608. The maximum absolute atomic E-state index is 4.52. The topological polar surface area (TPSA) is 49.8 Å². The van der Waals surface area contributed by atoms with Crippen LogP contribution in [0.3, 0.4) is 0 Å². The zero-order valence-electron chi connectivity index (χ0n) is 11.6. The van der Waals surface area contributed by atoms with E-state index in [9.17, 15) is 0 Å². The molecule has 2 N–H and O–H groups in total. The van der Waals surface area contributed by atoms with Crippen molar-refractivity contribution >= 4 is 33.4 Å². The second-order valence-electron chi connectivity index (χ2n) is 5.11. The minimum absolute atomic E-state index is 0.608. The number of hydrogen-bond acceptors (Lipinski definition) is 4. The van der Waals surface area contributed by atoms with Crippen LogP contribution < -0.4 is 10.6 Å². The van der Waals surface area contributed by atoms with Crippen LogP contribution >= 0.6 is 15.9 Å². The second kappa shape index (κ2) is 5.40. The van der Waals surface area contributed by atoms with Crippen LogP contribution in [0.2, 0.25) is 0 Å². The van der Waals surface area contributed by atoms with E-state index >= 15 is 0 Å². The maximum atomic E-state index is 4.52. The van der Waals surface area contributed by atoms with Crippen LogP contribution in [0.4, 0.5) is 17.5 Å². The summed E-state index contributed by atoms with van der Waals surface area (Å²) in [5.41, 5.74) is 3.37. The average molecular weight is 333 g/mol. The van der Waals surface area contributed by atoms with Gasteiger partial charge < -0.3 is 10.6 Å². The zero-order valence-corrected chi connectivity index (χ0v) is 13.2. The number of aromatic nitrogens is 2. The molecular weight excluding hydrogens is 316 g/mol. The highest BCUT2D eigenvalue weighted by Gasteiger charge is 2.26. The van der Waals surface area contributed by atoms with Crippen molar-refractivity contribution in [3.63, 3.8) is 0 Å². The van der Waals surface area contributed by atoms with Crippen molar-refractivity contribution in [3.05, 3.63) is 40.0 Å². The molecule has 4 nitrogen and oxygen atoms in total. The van der Waals surface area contributed by atoms with Crippen molar-refractivity contribution in [1.29, 1.82) is 0 Å². The molecule has 0 bridgehead atoms. The molecule has 5 heteroatoms. The molecule has 0 radical (unpaired) electrons. The summed E-state index contributed by atoms with van der Waals surface area (Å²) in [5.74, 6) is 2.13. The van der Waals surface area contributed by atoms with Gasteiger partial charge in [-0.15, -0.1) is 0 Å². The van der Waals surface area contributed by atoms with Gasteiger partial charge in [0.15, 0.2) is 0 Å². The van der Waals surface area contributed by atoms with E-state index in [2.05, 4.69) is 61.7 Å². The quantitative estimate of drug-likeness (QED) is 0.880. The molecule has 1 saturated carbocycles. The fourth-order valence-electron chi connectivity index (χ4n) is 2.14. The van der Waals surface area contributed by atoms with Gasteiger partial charge in [-0.2, -0.15) is 4.98 Å². The van der Waals surface area contributed by atoms with Crippen molar-refractivity contribution in [2.45, 2.75) is 25.7 Å². The molecule has 1 fully saturated rings.